The molecule has 100 valence electrons. The van der Waals surface area contributed by atoms with E-state index in [2.05, 4.69) is 51.3 Å². The second-order valence-electron chi connectivity index (χ2n) is 7.10. The lowest BCUT2D eigenvalue weighted by Crippen LogP contribution is -2.73. The molecule has 0 aliphatic carbocycles. The molecule has 3 heterocycles. The average molecular weight is 238 g/mol. The van der Waals surface area contributed by atoms with Crippen LogP contribution in [0.2, 0.25) is 0 Å². The summed E-state index contributed by atoms with van der Waals surface area (Å²) in [6, 6.07) is 2.33. The van der Waals surface area contributed by atoms with Gasteiger partial charge in [0.2, 0.25) is 0 Å². The summed E-state index contributed by atoms with van der Waals surface area (Å²) >= 11 is 0. The fourth-order valence-electron chi connectivity index (χ4n) is 3.70. The van der Waals surface area contributed by atoms with Crippen molar-refractivity contribution in [1.82, 2.24) is 9.80 Å². The van der Waals surface area contributed by atoms with Gasteiger partial charge in [-0.2, -0.15) is 0 Å². The summed E-state index contributed by atoms with van der Waals surface area (Å²) in [4.78, 5) is 5.61. The molecule has 0 radical (unpaired) electrons. The van der Waals surface area contributed by atoms with Crippen molar-refractivity contribution in [3.63, 3.8) is 0 Å². The van der Waals surface area contributed by atoms with Gasteiger partial charge in [0.25, 0.3) is 0 Å². The Morgan fingerprint density at radius 1 is 0.647 bits per heavy atom. The van der Waals surface area contributed by atoms with Crippen LogP contribution in [-0.4, -0.2) is 47.6 Å². The number of hydrogen-bond acceptors (Lipinski definition) is 2. The van der Waals surface area contributed by atoms with Crippen molar-refractivity contribution in [3.8, 4) is 0 Å². The van der Waals surface area contributed by atoms with Crippen LogP contribution < -0.4 is 0 Å². The molecular weight excluding hydrogens is 208 g/mol. The first-order valence-corrected chi connectivity index (χ1v) is 7.41. The molecule has 3 saturated heterocycles. The monoisotopic (exact) mass is 238 g/mol. The Hall–Kier alpha value is -0.0800. The smallest absolute Gasteiger partial charge is 0.0253 e. The number of nitrogens with zero attached hydrogens (tertiary/aromatic N) is 2. The van der Waals surface area contributed by atoms with Crippen LogP contribution in [0.5, 0.6) is 0 Å². The highest BCUT2D eigenvalue weighted by Gasteiger charge is 2.46. The molecule has 3 fully saturated rings. The van der Waals surface area contributed by atoms with Crippen molar-refractivity contribution >= 4 is 0 Å². The minimum absolute atomic E-state index is 0.775. The topological polar surface area (TPSA) is 6.48 Å². The minimum atomic E-state index is 0.775. The molecule has 3 atom stereocenters. The first-order chi connectivity index (χ1) is 7.91. The van der Waals surface area contributed by atoms with Gasteiger partial charge in [-0.05, 0) is 17.8 Å². The summed E-state index contributed by atoms with van der Waals surface area (Å²) in [7, 11) is 0. The van der Waals surface area contributed by atoms with Gasteiger partial charge in [0.1, 0.15) is 0 Å². The molecule has 0 spiro atoms. The normalized spacial score (nSPS) is 41.8. The van der Waals surface area contributed by atoms with E-state index in [0.29, 0.717) is 0 Å². The molecule has 0 N–H and O–H groups in total. The molecule has 3 aliphatic heterocycles. The average Bonchev–Trinajstić information content (AvgIpc) is 2.28. The Morgan fingerprint density at radius 2 is 0.941 bits per heavy atom. The zero-order valence-electron chi connectivity index (χ0n) is 12.5. The van der Waals surface area contributed by atoms with Crippen molar-refractivity contribution in [3.05, 3.63) is 0 Å². The van der Waals surface area contributed by atoms with E-state index in [9.17, 15) is 0 Å². The highest BCUT2D eigenvalue weighted by atomic mass is 15.4. The third kappa shape index (κ3) is 2.39. The molecular formula is C15H30N2. The Labute approximate surface area is 107 Å². The van der Waals surface area contributed by atoms with E-state index in [1.807, 2.05) is 0 Å². The Morgan fingerprint density at radius 3 is 1.18 bits per heavy atom. The number of piperazine rings is 3. The standard InChI is InChI=1S/C15H30N2/c1-10(2)13-7-16-8-14(11(3)4)17(13)15(9-16)12(5)6/h10-15H,7-9H2,1-6H3. The molecule has 0 amide bonds. The lowest BCUT2D eigenvalue weighted by atomic mass is 9.83. The van der Waals surface area contributed by atoms with Crippen molar-refractivity contribution in [2.24, 2.45) is 17.8 Å². The predicted molar refractivity (Wildman–Crippen MR) is 74.2 cm³/mol. The molecule has 3 rings (SSSR count). The van der Waals surface area contributed by atoms with Gasteiger partial charge < -0.3 is 0 Å². The Balaban J connectivity index is 2.25. The maximum atomic E-state index is 2.89. The van der Waals surface area contributed by atoms with Crippen molar-refractivity contribution in [2.45, 2.75) is 59.7 Å². The molecule has 0 aromatic rings. The molecule has 2 nitrogen and oxygen atoms in total. The van der Waals surface area contributed by atoms with Crippen LogP contribution in [0.4, 0.5) is 0 Å². The molecule has 17 heavy (non-hydrogen) atoms. The first-order valence-electron chi connectivity index (χ1n) is 7.41. The van der Waals surface area contributed by atoms with Crippen molar-refractivity contribution < 1.29 is 0 Å². The lowest BCUT2D eigenvalue weighted by molar-refractivity contribution is -0.114. The molecule has 2 bridgehead atoms. The van der Waals surface area contributed by atoms with Gasteiger partial charge in [-0.1, -0.05) is 41.5 Å². The van der Waals surface area contributed by atoms with Crippen molar-refractivity contribution in [2.75, 3.05) is 19.6 Å². The molecule has 2 heteroatoms. The highest BCUT2D eigenvalue weighted by molar-refractivity contribution is 5.02. The molecule has 0 aromatic heterocycles. The van der Waals surface area contributed by atoms with Crippen LogP contribution in [0.1, 0.15) is 41.5 Å². The third-order valence-electron chi connectivity index (χ3n) is 4.79. The molecule has 3 unspecified atom stereocenters. The van der Waals surface area contributed by atoms with Gasteiger partial charge in [-0.25, -0.2) is 0 Å². The first kappa shape index (κ1) is 13.4. The summed E-state index contributed by atoms with van der Waals surface area (Å²) < 4.78 is 0. The third-order valence-corrected chi connectivity index (χ3v) is 4.79. The zero-order valence-corrected chi connectivity index (χ0v) is 12.5. The van der Waals surface area contributed by atoms with Gasteiger partial charge in [-0.3, -0.25) is 9.80 Å². The number of hydrogen-bond donors (Lipinski definition) is 0. The Kier molecular flexibility index (Phi) is 3.84. The van der Waals surface area contributed by atoms with Gasteiger partial charge in [0.15, 0.2) is 0 Å². The zero-order chi connectivity index (χ0) is 12.7. The minimum Gasteiger partial charge on any atom is -0.299 e. The van der Waals surface area contributed by atoms with Crippen LogP contribution >= 0.6 is 0 Å². The van der Waals surface area contributed by atoms with Crippen LogP contribution in [0.3, 0.4) is 0 Å². The predicted octanol–water partition coefficient (Wildman–Crippen LogP) is 2.69. The number of rotatable bonds is 3. The van der Waals surface area contributed by atoms with Crippen molar-refractivity contribution in [1.29, 1.82) is 0 Å². The molecule has 0 aromatic carbocycles. The Bertz CT molecular complexity index is 217. The summed E-state index contributed by atoms with van der Waals surface area (Å²) in [5.74, 6) is 2.33. The van der Waals surface area contributed by atoms with Gasteiger partial charge in [0.05, 0.1) is 0 Å². The van der Waals surface area contributed by atoms with Gasteiger partial charge in [0, 0.05) is 37.8 Å². The summed E-state index contributed by atoms with van der Waals surface area (Å²) in [6.45, 7) is 18.2. The van der Waals surface area contributed by atoms with Crippen LogP contribution in [0.15, 0.2) is 0 Å². The largest absolute Gasteiger partial charge is 0.299 e. The number of fused-ring (bicyclic) bond motifs is 3. The maximum absolute atomic E-state index is 2.89. The van der Waals surface area contributed by atoms with E-state index in [1.54, 1.807) is 0 Å². The summed E-state index contributed by atoms with van der Waals surface area (Å²) in [5.41, 5.74) is 0. The van der Waals surface area contributed by atoms with Gasteiger partial charge >= 0.3 is 0 Å². The second-order valence-corrected chi connectivity index (χ2v) is 7.10. The SMILES string of the molecule is CC(C)C1CN2CC(C(C)C)N1C(C(C)C)C2. The second kappa shape index (κ2) is 4.89. The van der Waals surface area contributed by atoms with E-state index in [-0.39, 0.29) is 0 Å². The quantitative estimate of drug-likeness (QED) is 0.746. The fourth-order valence-corrected chi connectivity index (χ4v) is 3.70. The molecule has 0 saturated carbocycles. The van der Waals surface area contributed by atoms with E-state index in [0.717, 1.165) is 35.9 Å². The van der Waals surface area contributed by atoms with E-state index >= 15 is 0 Å². The van der Waals surface area contributed by atoms with E-state index < -0.39 is 0 Å². The van der Waals surface area contributed by atoms with E-state index in [1.165, 1.54) is 19.6 Å². The van der Waals surface area contributed by atoms with Gasteiger partial charge in [-0.15, -0.1) is 0 Å². The van der Waals surface area contributed by atoms with Crippen LogP contribution in [-0.2, 0) is 0 Å². The highest BCUT2D eigenvalue weighted by Crippen LogP contribution is 2.35. The van der Waals surface area contributed by atoms with Crippen LogP contribution in [0, 0.1) is 17.8 Å². The van der Waals surface area contributed by atoms with Crippen LogP contribution in [0.25, 0.3) is 0 Å². The summed E-state index contributed by atoms with van der Waals surface area (Å²) in [5, 5.41) is 0. The maximum Gasteiger partial charge on any atom is 0.0253 e. The van der Waals surface area contributed by atoms with E-state index in [4.69, 9.17) is 0 Å². The summed E-state index contributed by atoms with van der Waals surface area (Å²) in [6.07, 6.45) is 0. The molecule has 3 aliphatic rings. The fraction of sp³-hybridized carbons (Fsp3) is 1.00. The lowest BCUT2D eigenvalue weighted by Gasteiger charge is -2.60.